The van der Waals surface area contributed by atoms with Gasteiger partial charge in [-0.25, -0.2) is 8.42 Å². The fourth-order valence-electron chi connectivity index (χ4n) is 4.83. The maximum Gasteiger partial charge on any atom is 0.254 e. The Kier molecular flexibility index (Phi) is 7.08. The molecule has 0 bridgehead atoms. The van der Waals surface area contributed by atoms with Gasteiger partial charge in [0, 0.05) is 46.0 Å². The van der Waals surface area contributed by atoms with E-state index in [1.807, 2.05) is 4.90 Å². The Hall–Kier alpha value is -2.73. The number of piperidine rings is 2. The second-order valence-corrected chi connectivity index (χ2v) is 11.1. The monoisotopic (exact) mass is 492 g/mol. The number of likely N-dealkylation sites (tertiary alicyclic amines) is 1. The summed E-state index contributed by atoms with van der Waals surface area (Å²) in [5.74, 6) is 0.0758. The van der Waals surface area contributed by atoms with Crippen LogP contribution in [-0.2, 0) is 21.9 Å². The van der Waals surface area contributed by atoms with Gasteiger partial charge in [-0.05, 0) is 45.4 Å². The molecule has 0 saturated carbocycles. The molecule has 2 aromatic rings. The number of aryl methyl sites for hydroxylation is 3. The highest BCUT2D eigenvalue weighted by Gasteiger charge is 2.38. The van der Waals surface area contributed by atoms with Crippen molar-refractivity contribution in [2.45, 2.75) is 44.4 Å². The lowest BCUT2D eigenvalue weighted by Crippen LogP contribution is -2.49. The first kappa shape index (κ1) is 24.4. The number of rotatable bonds is 6. The first-order chi connectivity index (χ1) is 16.2. The average molecular weight is 493 g/mol. The van der Waals surface area contributed by atoms with E-state index in [0.717, 1.165) is 12.8 Å². The molecular weight excluding hydrogens is 460 g/mol. The topological polar surface area (TPSA) is 131 Å². The van der Waals surface area contributed by atoms with Crippen LogP contribution in [0.2, 0.25) is 0 Å². The number of sulfonamides is 1. The third-order valence-electron chi connectivity index (χ3n) is 6.74. The summed E-state index contributed by atoms with van der Waals surface area (Å²) in [5.41, 5.74) is 0.868. The van der Waals surface area contributed by atoms with Gasteiger partial charge in [-0.1, -0.05) is 5.16 Å². The molecule has 2 fully saturated rings. The first-order valence-electron chi connectivity index (χ1n) is 11.7. The van der Waals surface area contributed by atoms with E-state index in [1.54, 1.807) is 31.8 Å². The second-order valence-electron chi connectivity index (χ2n) is 9.24. The number of carbonyl (C=O) groups is 2. The number of hydrogen-bond acceptors (Lipinski definition) is 7. The third-order valence-corrected chi connectivity index (χ3v) is 8.85. The number of nitrogens with zero attached hydrogens (tertiary/aromatic N) is 5. The van der Waals surface area contributed by atoms with Crippen molar-refractivity contribution in [3.05, 3.63) is 29.4 Å². The van der Waals surface area contributed by atoms with E-state index in [4.69, 9.17) is 4.52 Å². The molecule has 1 N–H and O–H groups in total. The van der Waals surface area contributed by atoms with E-state index in [-0.39, 0.29) is 34.9 Å². The van der Waals surface area contributed by atoms with Crippen LogP contribution in [0, 0.1) is 25.7 Å². The van der Waals surface area contributed by atoms with Crippen LogP contribution in [-0.4, -0.2) is 77.1 Å². The fraction of sp³-hybridized carbons (Fsp3) is 0.636. The van der Waals surface area contributed by atoms with Crippen molar-refractivity contribution >= 4 is 21.8 Å². The molecule has 0 radical (unpaired) electrons. The summed E-state index contributed by atoms with van der Waals surface area (Å²) in [6.45, 7) is 5.53. The van der Waals surface area contributed by atoms with E-state index < -0.39 is 10.0 Å². The van der Waals surface area contributed by atoms with Gasteiger partial charge in [0.1, 0.15) is 10.6 Å². The van der Waals surface area contributed by atoms with E-state index in [1.165, 1.54) is 10.5 Å². The Morgan fingerprint density at radius 3 is 2.53 bits per heavy atom. The van der Waals surface area contributed by atoms with Crippen molar-refractivity contribution in [2.75, 3.05) is 32.7 Å². The van der Waals surface area contributed by atoms with Gasteiger partial charge in [0.15, 0.2) is 5.76 Å². The van der Waals surface area contributed by atoms with Crippen LogP contribution >= 0.6 is 0 Å². The SMILES string of the molecule is Cc1noc(C)c1S(=O)(=O)N1CCC[C@H](C(=O)N2CCC(CNC(=O)c3cnn(C)c3)CC2)C1. The summed E-state index contributed by atoms with van der Waals surface area (Å²) in [6.07, 6.45) is 6.12. The minimum absolute atomic E-state index is 0.0107. The van der Waals surface area contributed by atoms with Gasteiger partial charge in [0.2, 0.25) is 15.9 Å². The van der Waals surface area contributed by atoms with Gasteiger partial charge < -0.3 is 14.7 Å². The Morgan fingerprint density at radius 1 is 1.18 bits per heavy atom. The minimum Gasteiger partial charge on any atom is -0.360 e. The number of nitrogens with one attached hydrogen (secondary N) is 1. The predicted octanol–water partition coefficient (Wildman–Crippen LogP) is 1.09. The number of amides is 2. The van der Waals surface area contributed by atoms with Crippen molar-refractivity contribution in [3.8, 4) is 0 Å². The van der Waals surface area contributed by atoms with Gasteiger partial charge in [-0.3, -0.25) is 14.3 Å². The van der Waals surface area contributed by atoms with Gasteiger partial charge in [0.05, 0.1) is 17.7 Å². The minimum atomic E-state index is -3.76. The summed E-state index contributed by atoms with van der Waals surface area (Å²) in [6, 6.07) is 0. The summed E-state index contributed by atoms with van der Waals surface area (Å²) in [4.78, 5) is 27.4. The molecule has 2 amide bonds. The summed E-state index contributed by atoms with van der Waals surface area (Å²) in [7, 11) is -2.00. The second kappa shape index (κ2) is 9.87. The van der Waals surface area contributed by atoms with Crippen LogP contribution in [0.1, 0.15) is 47.5 Å². The molecule has 4 rings (SSSR count). The third kappa shape index (κ3) is 5.02. The van der Waals surface area contributed by atoms with Gasteiger partial charge >= 0.3 is 0 Å². The Morgan fingerprint density at radius 2 is 1.91 bits per heavy atom. The number of hydrogen-bond donors (Lipinski definition) is 1. The molecule has 2 aliphatic rings. The summed E-state index contributed by atoms with van der Waals surface area (Å²) < 4.78 is 34.4. The average Bonchev–Trinajstić information content (AvgIpc) is 3.42. The molecule has 1 atom stereocenters. The van der Waals surface area contributed by atoms with Crippen LogP contribution in [0.15, 0.2) is 21.8 Å². The zero-order valence-electron chi connectivity index (χ0n) is 19.9. The Balaban J connectivity index is 1.29. The molecule has 4 heterocycles. The van der Waals surface area contributed by atoms with Gasteiger partial charge in [-0.2, -0.15) is 9.40 Å². The van der Waals surface area contributed by atoms with E-state index >= 15 is 0 Å². The predicted molar refractivity (Wildman–Crippen MR) is 122 cm³/mol. The van der Waals surface area contributed by atoms with E-state index in [9.17, 15) is 18.0 Å². The summed E-state index contributed by atoms with van der Waals surface area (Å²) >= 11 is 0. The van der Waals surface area contributed by atoms with Gasteiger partial charge in [-0.15, -0.1) is 0 Å². The highest BCUT2D eigenvalue weighted by molar-refractivity contribution is 7.89. The highest BCUT2D eigenvalue weighted by Crippen LogP contribution is 2.29. The van der Waals surface area contributed by atoms with Crippen LogP contribution < -0.4 is 5.32 Å². The number of aromatic nitrogens is 3. The van der Waals surface area contributed by atoms with Crippen LogP contribution in [0.3, 0.4) is 0 Å². The maximum atomic E-state index is 13.2. The lowest BCUT2D eigenvalue weighted by atomic mass is 9.93. The molecule has 34 heavy (non-hydrogen) atoms. The van der Waals surface area contributed by atoms with Crippen molar-refractivity contribution < 1.29 is 22.5 Å². The molecule has 12 heteroatoms. The highest BCUT2D eigenvalue weighted by atomic mass is 32.2. The largest absolute Gasteiger partial charge is 0.360 e. The molecule has 186 valence electrons. The zero-order valence-corrected chi connectivity index (χ0v) is 20.7. The summed E-state index contributed by atoms with van der Waals surface area (Å²) in [5, 5.41) is 10.7. The molecule has 11 nitrogen and oxygen atoms in total. The first-order valence-corrected chi connectivity index (χ1v) is 13.1. The van der Waals surface area contributed by atoms with Crippen LogP contribution in [0.4, 0.5) is 0 Å². The molecule has 0 spiro atoms. The molecule has 0 unspecified atom stereocenters. The quantitative estimate of drug-likeness (QED) is 0.639. The molecule has 2 aliphatic heterocycles. The molecule has 2 saturated heterocycles. The molecule has 0 aliphatic carbocycles. The van der Waals surface area contributed by atoms with Crippen molar-refractivity contribution in [1.82, 2.24) is 29.5 Å². The lowest BCUT2D eigenvalue weighted by molar-refractivity contribution is -0.138. The van der Waals surface area contributed by atoms with Crippen LogP contribution in [0.5, 0.6) is 0 Å². The smallest absolute Gasteiger partial charge is 0.254 e. The van der Waals surface area contributed by atoms with Crippen molar-refractivity contribution in [3.63, 3.8) is 0 Å². The van der Waals surface area contributed by atoms with Gasteiger partial charge in [0.25, 0.3) is 5.91 Å². The standard InChI is InChI=1S/C22H32N6O5S/c1-15-20(16(2)33-25-15)34(31,32)28-8-4-5-18(14-28)22(30)27-9-6-17(7-10-27)11-23-21(29)19-12-24-26(3)13-19/h12-13,17-18H,4-11,14H2,1-3H3,(H,23,29)/t18-/m0/s1. The van der Waals surface area contributed by atoms with Crippen molar-refractivity contribution in [1.29, 1.82) is 0 Å². The molecular formula is C22H32N6O5S. The van der Waals surface area contributed by atoms with E-state index in [0.29, 0.717) is 56.2 Å². The Bertz CT molecular complexity index is 1130. The zero-order chi connectivity index (χ0) is 24.5. The Labute approximate surface area is 199 Å². The van der Waals surface area contributed by atoms with Crippen LogP contribution in [0.25, 0.3) is 0 Å². The normalized spacial score (nSPS) is 20.4. The lowest BCUT2D eigenvalue weighted by Gasteiger charge is -2.37. The van der Waals surface area contributed by atoms with E-state index in [2.05, 4.69) is 15.6 Å². The fourth-order valence-corrected chi connectivity index (χ4v) is 6.64. The van der Waals surface area contributed by atoms with Crippen molar-refractivity contribution in [2.24, 2.45) is 18.9 Å². The maximum absolute atomic E-state index is 13.2. The molecule has 0 aromatic carbocycles. The molecule has 2 aromatic heterocycles. The number of carbonyl (C=O) groups excluding carboxylic acids is 2.